The van der Waals surface area contributed by atoms with Crippen LogP contribution in [-0.2, 0) is 5.79 Å². The summed E-state index contributed by atoms with van der Waals surface area (Å²) in [6, 6.07) is 7.76. The van der Waals surface area contributed by atoms with E-state index in [1.54, 1.807) is 0 Å². The Hall–Kier alpha value is -1.38. The third-order valence-corrected chi connectivity index (χ3v) is 4.70. The Kier molecular flexibility index (Phi) is 1.95. The lowest BCUT2D eigenvalue weighted by Crippen LogP contribution is -2.35. The van der Waals surface area contributed by atoms with Crippen LogP contribution in [0.15, 0.2) is 47.6 Å². The second kappa shape index (κ2) is 3.34. The van der Waals surface area contributed by atoms with E-state index in [2.05, 4.69) is 12.2 Å². The van der Waals surface area contributed by atoms with Gasteiger partial charge in [-0.15, -0.1) is 0 Å². The first-order chi connectivity index (χ1) is 8.68. The third kappa shape index (κ3) is 1.20. The summed E-state index contributed by atoms with van der Waals surface area (Å²) >= 11 is 0. The summed E-state index contributed by atoms with van der Waals surface area (Å²) in [5, 5.41) is 21.1. The van der Waals surface area contributed by atoms with Crippen LogP contribution in [0, 0.1) is 5.92 Å². The van der Waals surface area contributed by atoms with Crippen molar-refractivity contribution in [1.82, 2.24) is 0 Å². The number of benzene rings is 1. The molecule has 0 saturated carbocycles. The van der Waals surface area contributed by atoms with E-state index in [1.165, 1.54) is 0 Å². The monoisotopic (exact) mass is 240 g/mol. The fraction of sp³-hybridized carbons (Fsp3) is 0.375. The molecule has 2 heteroatoms. The van der Waals surface area contributed by atoms with Gasteiger partial charge in [-0.3, -0.25) is 0 Å². The maximum Gasteiger partial charge on any atom is 0.214 e. The predicted octanol–water partition coefficient (Wildman–Crippen LogP) is 2.59. The minimum atomic E-state index is -1.77. The van der Waals surface area contributed by atoms with Crippen LogP contribution >= 0.6 is 0 Å². The Morgan fingerprint density at radius 1 is 1.11 bits per heavy atom. The van der Waals surface area contributed by atoms with Gasteiger partial charge < -0.3 is 10.2 Å². The lowest BCUT2D eigenvalue weighted by molar-refractivity contribution is -0.141. The number of hydrogen-bond acceptors (Lipinski definition) is 2. The van der Waals surface area contributed by atoms with E-state index in [-0.39, 0.29) is 0 Å². The largest absolute Gasteiger partial charge is 0.358 e. The summed E-state index contributed by atoms with van der Waals surface area (Å²) < 4.78 is 0. The molecule has 2 atom stereocenters. The van der Waals surface area contributed by atoms with Crippen molar-refractivity contribution in [3.8, 4) is 0 Å². The van der Waals surface area contributed by atoms with Crippen molar-refractivity contribution < 1.29 is 10.2 Å². The quantitative estimate of drug-likeness (QED) is 0.684. The summed E-state index contributed by atoms with van der Waals surface area (Å²) in [4.78, 5) is 0. The van der Waals surface area contributed by atoms with Crippen molar-refractivity contribution >= 4 is 0 Å². The first kappa shape index (κ1) is 10.5. The van der Waals surface area contributed by atoms with Crippen LogP contribution in [0.2, 0.25) is 0 Å². The summed E-state index contributed by atoms with van der Waals surface area (Å²) in [5.74, 6) is -0.940. The van der Waals surface area contributed by atoms with Crippen molar-refractivity contribution in [2.45, 2.75) is 31.0 Å². The summed E-state index contributed by atoms with van der Waals surface area (Å²) in [6.07, 6.45) is 7.41. The van der Waals surface area contributed by atoms with Gasteiger partial charge in [-0.25, -0.2) is 0 Å². The molecule has 2 nitrogen and oxygen atoms in total. The second-order valence-electron chi connectivity index (χ2n) is 5.65. The van der Waals surface area contributed by atoms with Gasteiger partial charge in [0.2, 0.25) is 5.79 Å². The first-order valence-corrected chi connectivity index (χ1v) is 6.64. The van der Waals surface area contributed by atoms with E-state index in [0.29, 0.717) is 17.4 Å². The zero-order valence-electron chi connectivity index (χ0n) is 10.1. The molecule has 0 aromatic heterocycles. The average molecular weight is 240 g/mol. The first-order valence-electron chi connectivity index (χ1n) is 6.64. The average Bonchev–Trinajstić information content (AvgIpc) is 2.68. The Morgan fingerprint density at radius 3 is 2.83 bits per heavy atom. The Morgan fingerprint density at radius 2 is 1.94 bits per heavy atom. The van der Waals surface area contributed by atoms with E-state index < -0.39 is 5.79 Å². The fourth-order valence-corrected chi connectivity index (χ4v) is 3.80. The van der Waals surface area contributed by atoms with Crippen molar-refractivity contribution in [2.75, 3.05) is 0 Å². The molecule has 0 radical (unpaired) electrons. The van der Waals surface area contributed by atoms with Crippen molar-refractivity contribution in [1.29, 1.82) is 0 Å². The fourth-order valence-electron chi connectivity index (χ4n) is 3.80. The maximum atomic E-state index is 10.5. The number of allylic oxidation sites excluding steroid dienone is 3. The molecule has 0 saturated heterocycles. The maximum absolute atomic E-state index is 10.5. The lowest BCUT2D eigenvalue weighted by atomic mass is 9.72. The lowest BCUT2D eigenvalue weighted by Gasteiger charge is -2.38. The number of rotatable bonds is 0. The second-order valence-corrected chi connectivity index (χ2v) is 5.65. The van der Waals surface area contributed by atoms with Crippen LogP contribution in [0.25, 0.3) is 0 Å². The smallest absolute Gasteiger partial charge is 0.214 e. The molecular formula is C16H16O2. The van der Waals surface area contributed by atoms with Gasteiger partial charge in [0.05, 0.1) is 0 Å². The van der Waals surface area contributed by atoms with Crippen LogP contribution in [0.4, 0.5) is 0 Å². The topological polar surface area (TPSA) is 40.5 Å². The highest BCUT2D eigenvalue weighted by molar-refractivity contribution is 5.54. The summed E-state index contributed by atoms with van der Waals surface area (Å²) in [5.41, 5.74) is 3.75. The normalized spacial score (nSPS) is 31.2. The molecule has 4 bridgehead atoms. The molecule has 0 aliphatic heterocycles. The van der Waals surface area contributed by atoms with Crippen LogP contribution in [0.5, 0.6) is 0 Å². The molecule has 2 N–H and O–H groups in total. The van der Waals surface area contributed by atoms with Gasteiger partial charge >= 0.3 is 0 Å². The predicted molar refractivity (Wildman–Crippen MR) is 68.8 cm³/mol. The minimum absolute atomic E-state index is 0.354. The van der Waals surface area contributed by atoms with Gasteiger partial charge in [0.15, 0.2) is 0 Å². The molecule has 4 aliphatic rings. The van der Waals surface area contributed by atoms with Gasteiger partial charge in [-0.05, 0) is 41.9 Å². The van der Waals surface area contributed by atoms with Crippen molar-refractivity contribution in [3.05, 3.63) is 58.7 Å². The van der Waals surface area contributed by atoms with Crippen LogP contribution in [0.1, 0.15) is 36.3 Å². The molecule has 18 heavy (non-hydrogen) atoms. The summed E-state index contributed by atoms with van der Waals surface area (Å²) in [7, 11) is 0. The molecule has 0 spiro atoms. The third-order valence-electron chi connectivity index (χ3n) is 4.70. The molecule has 0 heterocycles. The SMILES string of the molecule is OC1(O)C2=C3C=CC(CCC3c3ccccc31)C2. The molecule has 92 valence electrons. The zero-order valence-corrected chi connectivity index (χ0v) is 10.1. The summed E-state index contributed by atoms with van der Waals surface area (Å²) in [6.45, 7) is 0. The van der Waals surface area contributed by atoms with Crippen molar-refractivity contribution in [3.63, 3.8) is 0 Å². The Bertz CT molecular complexity index is 581. The van der Waals surface area contributed by atoms with E-state index in [0.717, 1.165) is 36.0 Å². The standard InChI is InChI=1S/C16H16O2/c17-16(18)14-4-2-1-3-12(14)11-7-5-10-6-8-13(11)15(16)9-10/h1-4,6,8,10-11,17-18H,5,7,9H2. The molecule has 5 rings (SSSR count). The molecule has 0 amide bonds. The number of hydrogen-bond donors (Lipinski definition) is 2. The van der Waals surface area contributed by atoms with Crippen molar-refractivity contribution in [2.24, 2.45) is 5.92 Å². The van der Waals surface area contributed by atoms with Gasteiger partial charge in [0.1, 0.15) is 0 Å². The zero-order chi connectivity index (χ0) is 12.3. The van der Waals surface area contributed by atoms with Crippen LogP contribution < -0.4 is 0 Å². The molecule has 0 fully saturated rings. The molecule has 4 aliphatic carbocycles. The van der Waals surface area contributed by atoms with Gasteiger partial charge in [-0.2, -0.15) is 0 Å². The molecule has 1 aromatic carbocycles. The number of fused-ring (bicyclic) bond motifs is 2. The number of aliphatic hydroxyl groups is 2. The van der Waals surface area contributed by atoms with E-state index in [9.17, 15) is 10.2 Å². The van der Waals surface area contributed by atoms with Gasteiger partial charge in [0, 0.05) is 11.5 Å². The van der Waals surface area contributed by atoms with E-state index in [1.807, 2.05) is 24.3 Å². The van der Waals surface area contributed by atoms with Crippen LogP contribution in [0.3, 0.4) is 0 Å². The Balaban J connectivity index is 2.03. The van der Waals surface area contributed by atoms with Gasteiger partial charge in [0.25, 0.3) is 0 Å². The van der Waals surface area contributed by atoms with Crippen LogP contribution in [-0.4, -0.2) is 10.2 Å². The molecule has 1 aromatic rings. The van der Waals surface area contributed by atoms with E-state index in [4.69, 9.17) is 0 Å². The minimum Gasteiger partial charge on any atom is -0.358 e. The molecule has 2 unspecified atom stereocenters. The van der Waals surface area contributed by atoms with E-state index >= 15 is 0 Å². The highest BCUT2D eigenvalue weighted by atomic mass is 16.5. The highest BCUT2D eigenvalue weighted by Crippen LogP contribution is 2.53. The highest BCUT2D eigenvalue weighted by Gasteiger charge is 2.45. The van der Waals surface area contributed by atoms with Gasteiger partial charge in [-0.1, -0.05) is 36.4 Å². The molecular weight excluding hydrogens is 224 g/mol. The Labute approximate surface area is 106 Å².